The van der Waals surface area contributed by atoms with Gasteiger partial charge in [0.2, 0.25) is 10.0 Å². The quantitative estimate of drug-likeness (QED) is 0.781. The smallest absolute Gasteiger partial charge is 0.335 e. The molecule has 0 radical (unpaired) electrons. The van der Waals surface area contributed by atoms with E-state index in [-0.39, 0.29) is 21.9 Å². The molecule has 0 unspecified atom stereocenters. The molecule has 2 heterocycles. The van der Waals surface area contributed by atoms with Gasteiger partial charge in [-0.1, -0.05) is 12.1 Å². The molecule has 2 aromatic rings. The van der Waals surface area contributed by atoms with E-state index < -0.39 is 21.9 Å². The van der Waals surface area contributed by atoms with E-state index in [9.17, 15) is 18.0 Å². The van der Waals surface area contributed by atoms with Crippen molar-refractivity contribution in [2.45, 2.75) is 24.3 Å². The standard InChI is InChI=1S/C17H18N2O5S2/c20-16(18-11-12-3-5-13(6-4-12)17(21)22)15-14(7-10-25-15)26(23,24)19-8-1-2-9-19/h3-7,10H,1-2,8-9,11H2,(H,18,20)(H,21,22). The fourth-order valence-electron chi connectivity index (χ4n) is 2.76. The molecule has 0 atom stereocenters. The minimum atomic E-state index is -3.65. The third-order valence-electron chi connectivity index (χ3n) is 4.17. The molecule has 26 heavy (non-hydrogen) atoms. The fraction of sp³-hybridized carbons (Fsp3) is 0.294. The number of thiophene rings is 1. The van der Waals surface area contributed by atoms with Crippen LogP contribution >= 0.6 is 11.3 Å². The highest BCUT2D eigenvalue weighted by atomic mass is 32.2. The van der Waals surface area contributed by atoms with Crippen LogP contribution in [0.25, 0.3) is 0 Å². The second kappa shape index (κ2) is 7.56. The largest absolute Gasteiger partial charge is 0.478 e. The molecule has 1 aromatic carbocycles. The molecule has 3 rings (SSSR count). The highest BCUT2D eigenvalue weighted by Crippen LogP contribution is 2.27. The molecule has 138 valence electrons. The molecular formula is C17H18N2O5S2. The summed E-state index contributed by atoms with van der Waals surface area (Å²) in [5, 5.41) is 13.2. The number of carboxylic acid groups (broad SMARTS) is 1. The molecule has 1 fully saturated rings. The monoisotopic (exact) mass is 394 g/mol. The lowest BCUT2D eigenvalue weighted by Crippen LogP contribution is -2.30. The zero-order chi connectivity index (χ0) is 18.7. The first-order valence-electron chi connectivity index (χ1n) is 8.07. The van der Waals surface area contributed by atoms with E-state index in [0.29, 0.717) is 13.1 Å². The van der Waals surface area contributed by atoms with Gasteiger partial charge in [-0.15, -0.1) is 11.3 Å². The van der Waals surface area contributed by atoms with Crippen molar-refractivity contribution in [2.75, 3.05) is 13.1 Å². The number of sulfonamides is 1. The summed E-state index contributed by atoms with van der Waals surface area (Å²) in [6.45, 7) is 1.14. The summed E-state index contributed by atoms with van der Waals surface area (Å²) in [6.07, 6.45) is 1.66. The Hall–Kier alpha value is -2.23. The summed E-state index contributed by atoms with van der Waals surface area (Å²) in [5.41, 5.74) is 0.890. The molecule has 0 aliphatic carbocycles. The molecule has 1 amide bonds. The molecule has 0 spiro atoms. The van der Waals surface area contributed by atoms with Crippen molar-refractivity contribution in [2.24, 2.45) is 0 Å². The Morgan fingerprint density at radius 3 is 2.38 bits per heavy atom. The number of amides is 1. The van der Waals surface area contributed by atoms with Crippen LogP contribution in [-0.4, -0.2) is 42.8 Å². The van der Waals surface area contributed by atoms with Gasteiger partial charge in [0.05, 0.1) is 5.56 Å². The lowest BCUT2D eigenvalue weighted by atomic mass is 10.1. The van der Waals surface area contributed by atoms with Crippen LogP contribution in [0, 0.1) is 0 Å². The Kier molecular flexibility index (Phi) is 5.40. The van der Waals surface area contributed by atoms with Gasteiger partial charge >= 0.3 is 5.97 Å². The maximum absolute atomic E-state index is 12.7. The van der Waals surface area contributed by atoms with E-state index in [1.165, 1.54) is 22.5 Å². The Labute approximate surface area is 155 Å². The minimum Gasteiger partial charge on any atom is -0.478 e. The maximum Gasteiger partial charge on any atom is 0.335 e. The van der Waals surface area contributed by atoms with Crippen molar-refractivity contribution in [1.29, 1.82) is 0 Å². The van der Waals surface area contributed by atoms with Crippen LogP contribution in [0.4, 0.5) is 0 Å². The summed E-state index contributed by atoms with van der Waals surface area (Å²) in [6, 6.07) is 7.60. The van der Waals surface area contributed by atoms with Gasteiger partial charge in [-0.05, 0) is 42.0 Å². The second-order valence-electron chi connectivity index (χ2n) is 5.91. The number of nitrogens with one attached hydrogen (secondary N) is 1. The average Bonchev–Trinajstić information content (AvgIpc) is 3.31. The van der Waals surface area contributed by atoms with Crippen molar-refractivity contribution >= 4 is 33.2 Å². The van der Waals surface area contributed by atoms with Crippen molar-refractivity contribution in [3.05, 3.63) is 51.7 Å². The Morgan fingerprint density at radius 2 is 1.77 bits per heavy atom. The van der Waals surface area contributed by atoms with Crippen molar-refractivity contribution < 1.29 is 23.1 Å². The van der Waals surface area contributed by atoms with Crippen LogP contribution < -0.4 is 5.32 Å². The van der Waals surface area contributed by atoms with Crippen molar-refractivity contribution in [1.82, 2.24) is 9.62 Å². The first-order chi connectivity index (χ1) is 12.4. The highest BCUT2D eigenvalue weighted by molar-refractivity contribution is 7.89. The summed E-state index contributed by atoms with van der Waals surface area (Å²) in [7, 11) is -3.65. The number of hydrogen-bond donors (Lipinski definition) is 2. The van der Waals surface area contributed by atoms with Gasteiger partial charge < -0.3 is 10.4 Å². The summed E-state index contributed by atoms with van der Waals surface area (Å²) in [4.78, 5) is 23.5. The fourth-order valence-corrected chi connectivity index (χ4v) is 5.60. The Morgan fingerprint density at radius 1 is 1.12 bits per heavy atom. The lowest BCUT2D eigenvalue weighted by Gasteiger charge is -2.15. The normalized spacial score (nSPS) is 15.1. The topological polar surface area (TPSA) is 104 Å². The summed E-state index contributed by atoms with van der Waals surface area (Å²) >= 11 is 1.09. The number of aromatic carboxylic acids is 1. The van der Waals surface area contributed by atoms with Crippen LogP contribution in [0.15, 0.2) is 40.6 Å². The maximum atomic E-state index is 12.7. The minimum absolute atomic E-state index is 0.0446. The van der Waals surface area contributed by atoms with E-state index in [1.54, 1.807) is 17.5 Å². The first kappa shape index (κ1) is 18.6. The summed E-state index contributed by atoms with van der Waals surface area (Å²) < 4.78 is 26.8. The molecule has 1 saturated heterocycles. The predicted octanol–water partition coefficient (Wildman–Crippen LogP) is 2.16. The number of benzene rings is 1. The number of carbonyl (C=O) groups excluding carboxylic acids is 1. The van der Waals surface area contributed by atoms with Gasteiger partial charge in [0.25, 0.3) is 5.91 Å². The van der Waals surface area contributed by atoms with Gasteiger partial charge in [-0.2, -0.15) is 4.31 Å². The van der Waals surface area contributed by atoms with Crippen LogP contribution in [0.2, 0.25) is 0 Å². The lowest BCUT2D eigenvalue weighted by molar-refractivity contribution is 0.0696. The molecular weight excluding hydrogens is 376 g/mol. The van der Waals surface area contributed by atoms with Gasteiger partial charge in [0.15, 0.2) is 0 Å². The average molecular weight is 394 g/mol. The predicted molar refractivity (Wildman–Crippen MR) is 96.9 cm³/mol. The van der Waals surface area contributed by atoms with E-state index in [2.05, 4.69) is 5.32 Å². The SMILES string of the molecule is O=C(O)c1ccc(CNC(=O)c2sccc2S(=O)(=O)N2CCCC2)cc1. The van der Waals surface area contributed by atoms with Gasteiger partial charge in [0.1, 0.15) is 9.77 Å². The number of carbonyl (C=O) groups is 2. The van der Waals surface area contributed by atoms with Crippen LogP contribution in [0.5, 0.6) is 0 Å². The molecule has 0 bridgehead atoms. The van der Waals surface area contributed by atoms with E-state index in [1.807, 2.05) is 0 Å². The van der Waals surface area contributed by atoms with Gasteiger partial charge in [-0.3, -0.25) is 4.79 Å². The molecule has 7 nitrogen and oxygen atoms in total. The van der Waals surface area contributed by atoms with Crippen molar-refractivity contribution in [3.8, 4) is 0 Å². The number of carboxylic acids is 1. The molecule has 0 saturated carbocycles. The molecule has 9 heteroatoms. The third-order valence-corrected chi connectivity index (χ3v) is 7.16. The Bertz CT molecular complexity index is 913. The first-order valence-corrected chi connectivity index (χ1v) is 10.4. The molecule has 1 aliphatic rings. The molecule has 1 aliphatic heterocycles. The van der Waals surface area contributed by atoms with Crippen LogP contribution in [0.3, 0.4) is 0 Å². The van der Waals surface area contributed by atoms with E-state index in [4.69, 9.17) is 5.11 Å². The van der Waals surface area contributed by atoms with E-state index in [0.717, 1.165) is 29.7 Å². The zero-order valence-corrected chi connectivity index (χ0v) is 15.5. The zero-order valence-electron chi connectivity index (χ0n) is 13.8. The highest BCUT2D eigenvalue weighted by Gasteiger charge is 2.31. The van der Waals surface area contributed by atoms with Crippen molar-refractivity contribution in [3.63, 3.8) is 0 Å². The molecule has 2 N–H and O–H groups in total. The van der Waals surface area contributed by atoms with E-state index >= 15 is 0 Å². The van der Waals surface area contributed by atoms with Gasteiger partial charge in [-0.25, -0.2) is 13.2 Å². The van der Waals surface area contributed by atoms with Crippen LogP contribution in [-0.2, 0) is 16.6 Å². The second-order valence-corrected chi connectivity index (χ2v) is 8.73. The third kappa shape index (κ3) is 3.79. The summed E-state index contributed by atoms with van der Waals surface area (Å²) in [5.74, 6) is -1.48. The van der Waals surface area contributed by atoms with Crippen LogP contribution in [0.1, 0.15) is 38.4 Å². The molecule has 1 aromatic heterocycles. The number of hydrogen-bond acceptors (Lipinski definition) is 5. The number of rotatable bonds is 6. The van der Waals surface area contributed by atoms with Gasteiger partial charge in [0, 0.05) is 19.6 Å². The Balaban J connectivity index is 1.71. The number of nitrogens with zero attached hydrogens (tertiary/aromatic N) is 1.